The number of carbonyl (C=O) groups is 5. The maximum Gasteiger partial charge on any atom is 0.364 e. The Morgan fingerprint density at radius 2 is 0.726 bits per heavy atom. The van der Waals surface area contributed by atoms with Gasteiger partial charge in [0.2, 0.25) is 23.6 Å². The van der Waals surface area contributed by atoms with Crippen LogP contribution in [0.25, 0.3) is 0 Å². The second kappa shape index (κ2) is 41.4. The molecule has 0 bridgehead atoms. The monoisotopic (exact) mass is 1710 g/mol. The average molecular weight is 1710 g/mol. The highest BCUT2D eigenvalue weighted by Gasteiger charge is 2.63. The molecule has 9 saturated heterocycles. The van der Waals surface area contributed by atoms with Crippen LogP contribution in [0.4, 0.5) is 0 Å². The van der Waals surface area contributed by atoms with Crippen molar-refractivity contribution in [3.05, 3.63) is 0 Å². The van der Waals surface area contributed by atoms with Gasteiger partial charge in [-0.2, -0.15) is 0 Å². The van der Waals surface area contributed by atoms with E-state index in [9.17, 15) is 157 Å². The second-order valence-corrected chi connectivity index (χ2v) is 29.7. The lowest BCUT2D eigenvalue weighted by Crippen LogP contribution is -2.71. The predicted molar refractivity (Wildman–Crippen MR) is 359 cm³/mol. The summed E-state index contributed by atoms with van der Waals surface area (Å²) in [6.07, 6.45) is -85.6. The van der Waals surface area contributed by atoms with Crippen LogP contribution < -0.4 is 21.3 Å². The fraction of sp³-hybridized carbons (Fsp3) is 0.923. The van der Waals surface area contributed by atoms with E-state index >= 15 is 0 Å². The molecule has 46 atom stereocenters. The number of hydrogen-bond acceptors (Lipinski definition) is 47. The van der Waals surface area contributed by atoms with E-state index in [0.717, 1.165) is 27.7 Å². The summed E-state index contributed by atoms with van der Waals surface area (Å²) in [7, 11) is 0. The van der Waals surface area contributed by atoms with Crippen molar-refractivity contribution in [1.29, 1.82) is 0 Å². The molecule has 9 heterocycles. The third-order valence-electron chi connectivity index (χ3n) is 21.2. The van der Waals surface area contributed by atoms with E-state index in [-0.39, 0.29) is 0 Å². The lowest BCUT2D eigenvalue weighted by Gasteiger charge is -2.51. The van der Waals surface area contributed by atoms with Gasteiger partial charge >= 0.3 is 5.97 Å². The van der Waals surface area contributed by atoms with Crippen molar-refractivity contribution in [3.8, 4) is 0 Å². The highest BCUT2D eigenvalue weighted by Crippen LogP contribution is 2.41. The molecule has 676 valence electrons. The van der Waals surface area contributed by atoms with Crippen molar-refractivity contribution in [1.82, 2.24) is 21.3 Å². The summed E-state index contributed by atoms with van der Waals surface area (Å²) < 4.78 is 98.9. The molecular weight excluding hydrogens is 1600 g/mol. The smallest absolute Gasteiger partial charge is 0.364 e. The third kappa shape index (κ3) is 21.5. The van der Waals surface area contributed by atoms with Crippen molar-refractivity contribution in [2.45, 2.75) is 323 Å². The van der Waals surface area contributed by atoms with Crippen LogP contribution in [0.5, 0.6) is 0 Å². The minimum absolute atomic E-state index is 0.811. The molecule has 0 unspecified atom stereocenters. The summed E-state index contributed by atoms with van der Waals surface area (Å²) in [5.74, 6) is -8.91. The first-order chi connectivity index (χ1) is 55.1. The number of carboxylic acids is 1. The van der Waals surface area contributed by atoms with Gasteiger partial charge in [-0.05, 0) is 6.92 Å². The summed E-state index contributed by atoms with van der Waals surface area (Å²) >= 11 is 0. The summed E-state index contributed by atoms with van der Waals surface area (Å²) in [4.78, 5) is 63.5. The maximum atomic E-state index is 13.1. The minimum atomic E-state index is -3.25. The van der Waals surface area contributed by atoms with Crippen molar-refractivity contribution >= 4 is 29.6 Å². The fourth-order valence-corrected chi connectivity index (χ4v) is 14.9. The first-order valence-corrected chi connectivity index (χ1v) is 37.1. The Morgan fingerprint density at radius 3 is 1.24 bits per heavy atom. The van der Waals surface area contributed by atoms with E-state index in [4.69, 9.17) is 80.5 Å². The quantitative estimate of drug-likeness (QED) is 0.0306. The zero-order valence-corrected chi connectivity index (χ0v) is 63.0. The lowest BCUT2D eigenvalue weighted by atomic mass is 9.88. The number of amides is 4. The Labute approximate surface area is 662 Å². The van der Waals surface area contributed by atoms with Gasteiger partial charge in [0.05, 0.1) is 71.1 Å². The molecule has 0 saturated carbocycles. The molecule has 4 amide bonds. The zero-order valence-electron chi connectivity index (χ0n) is 63.0. The predicted octanol–water partition coefficient (Wildman–Crippen LogP) is -19.8. The van der Waals surface area contributed by atoms with Gasteiger partial charge in [-0.25, -0.2) is 4.79 Å². The average Bonchev–Trinajstić information content (AvgIpc) is 0.753. The molecule has 0 spiro atoms. The van der Waals surface area contributed by atoms with Gasteiger partial charge in [0.25, 0.3) is 5.79 Å². The number of nitrogens with one attached hydrogen (secondary N) is 4. The first kappa shape index (κ1) is 96.5. The molecule has 0 radical (unpaired) electrons. The van der Waals surface area contributed by atoms with E-state index < -0.39 is 371 Å². The molecule has 0 aromatic carbocycles. The SMILES string of the molecule is CC(=O)N[C@@H]1[C@H](O[C@H]2[C@H](O)[C@@H](NC(C)=O)[C@H](O)O[C@@H]2CO[C@H]2O[C@H](C)[C@H](O)[C@H](O)[C@H]2O)O[C@H](CO)[C@@H](O[C@@H]2O[C@H](CO[C@H]3O[C@H](CO[C@@H]4O[C@H](CO)[C@@H](O[C@@H]5O[C@H](CO)[C@H](O)[C@H](O[C@]6(C(=O)O)C[C@H](O)[C@@H](NC(C)=O)[C@H]([C@H](O)[C@H](O)CO)O6)[C@H]5O)[C@H](O)[C@H]4NC(C)=O)[C@@H](O)[C@H](O)[C@@H]3O)[C@@H](O)[C@H](O[C@H]3O[C@H](CO)[C@@H](O)[C@H](O)[C@@H]3O)[C@@H]2O)[C@@H]1O. The second-order valence-electron chi connectivity index (χ2n) is 29.7. The van der Waals surface area contributed by atoms with E-state index in [0.29, 0.717) is 0 Å². The van der Waals surface area contributed by atoms with Crippen molar-refractivity contribution in [3.63, 3.8) is 0 Å². The number of carbonyl (C=O) groups excluding carboxylic acids is 4. The molecule has 9 rings (SSSR count). The Morgan fingerprint density at radius 1 is 0.368 bits per heavy atom. The van der Waals surface area contributed by atoms with Crippen LogP contribution in [0.2, 0.25) is 0 Å². The first-order valence-electron chi connectivity index (χ1n) is 37.1. The van der Waals surface area contributed by atoms with Crippen LogP contribution in [-0.2, 0) is 104 Å². The van der Waals surface area contributed by atoms with E-state index in [1.54, 1.807) is 0 Å². The standard InChI is InChI=1S/C65H108N4O48/c1-15-33(81)42(90)45(93)59(104-15)103-14-28-52(39(87)30(56(98)105-28)67-17(3)76)112-58-32(69-19(5)78)41(89)51(25(11-74)109-58)113-62-48(96)54(115-61-47(95)43(91)35(83)22(8-71)106-61)38(86)27(111-62)13-102-60-46(94)44(92)36(84)26(110-60)12-101-57-31(68-18(4)77)40(88)50(24(10-73)108-57)114-63-49(97)55(37(85)23(9-72)107-63)117-65(64(99)100)6-20(79)29(66-16(2)75)53(116-65)34(82)21(80)7-70/h15,20-63,70-74,79-98H,6-14H2,1-5H3,(H,66,75)(H,67,76)(H,68,77)(H,69,78)(H,99,100)/t15-,20+,21-,22-,23-,24-,25-,26-,27-,28-,29-,30-,31-,32+,33+,34-,35-,36-,37+,38-,39-,40-,41-,42+,43+,44+,45-,46+,47+,48+,49-,50-,51-,52-,53-,54+,55+,56-,57-,58+,59+,60+,61-,62+,63+,65+/m1/s1. The Hall–Kier alpha value is -4.33. The number of ether oxygens (including phenoxy) is 17. The summed E-state index contributed by atoms with van der Waals surface area (Å²) in [5, 5.41) is 296. The topological polar surface area (TPSA) is 816 Å². The molecule has 0 aliphatic carbocycles. The number of aliphatic hydroxyl groups is 25. The van der Waals surface area contributed by atoms with Crippen LogP contribution in [0.1, 0.15) is 41.0 Å². The van der Waals surface area contributed by atoms with Crippen molar-refractivity contribution in [2.75, 3.05) is 52.9 Å². The number of carboxylic acid groups (broad SMARTS) is 1. The molecule has 117 heavy (non-hydrogen) atoms. The Bertz CT molecular complexity index is 3190. The Kier molecular flexibility index (Phi) is 34.2. The number of aliphatic carboxylic acids is 1. The maximum absolute atomic E-state index is 13.1. The lowest BCUT2D eigenvalue weighted by molar-refractivity contribution is -0.385. The Balaban J connectivity index is 0.921. The molecule has 9 fully saturated rings. The zero-order chi connectivity index (χ0) is 86.6. The largest absolute Gasteiger partial charge is 0.477 e. The molecular formula is C65H108N4O48. The van der Waals surface area contributed by atoms with Gasteiger partial charge in [-0.15, -0.1) is 0 Å². The van der Waals surface area contributed by atoms with E-state index in [1.807, 2.05) is 0 Å². The normalized spacial score (nSPS) is 47.9. The number of rotatable bonds is 31. The van der Waals surface area contributed by atoms with Crippen LogP contribution in [-0.4, -0.2) is 497 Å². The van der Waals surface area contributed by atoms with Crippen LogP contribution >= 0.6 is 0 Å². The highest BCUT2D eigenvalue weighted by molar-refractivity contribution is 5.77. The fourth-order valence-electron chi connectivity index (χ4n) is 14.9. The molecule has 9 aliphatic rings. The van der Waals surface area contributed by atoms with E-state index in [2.05, 4.69) is 21.3 Å². The van der Waals surface area contributed by atoms with Crippen molar-refractivity contribution in [2.24, 2.45) is 0 Å². The van der Waals surface area contributed by atoms with E-state index in [1.165, 1.54) is 6.92 Å². The molecule has 30 N–H and O–H groups in total. The number of hydrogen-bond donors (Lipinski definition) is 30. The van der Waals surface area contributed by atoms with Gasteiger partial charge in [-0.3, -0.25) is 19.2 Å². The van der Waals surface area contributed by atoms with Gasteiger partial charge in [0.1, 0.15) is 207 Å². The number of aliphatic hydroxyl groups excluding tert-OH is 25. The highest BCUT2D eigenvalue weighted by atomic mass is 16.8. The van der Waals surface area contributed by atoms with Gasteiger partial charge in [0, 0.05) is 34.1 Å². The summed E-state index contributed by atoms with van der Waals surface area (Å²) in [6.45, 7) is -3.48. The van der Waals surface area contributed by atoms with Crippen LogP contribution in [0, 0.1) is 0 Å². The molecule has 9 aliphatic heterocycles. The van der Waals surface area contributed by atoms with Gasteiger partial charge in [-0.1, -0.05) is 0 Å². The third-order valence-corrected chi connectivity index (χ3v) is 21.2. The summed E-state index contributed by atoms with van der Waals surface area (Å²) in [6, 6.07) is -7.21. The molecule has 0 aromatic rings. The summed E-state index contributed by atoms with van der Waals surface area (Å²) in [5.41, 5.74) is 0. The van der Waals surface area contributed by atoms with Gasteiger partial charge < -0.3 is 235 Å². The molecule has 0 aromatic heterocycles. The van der Waals surface area contributed by atoms with Gasteiger partial charge in [0.15, 0.2) is 50.3 Å². The van der Waals surface area contributed by atoms with Crippen molar-refractivity contribution < 1.29 is 237 Å². The molecule has 52 heteroatoms. The van der Waals surface area contributed by atoms with Crippen LogP contribution in [0.15, 0.2) is 0 Å². The van der Waals surface area contributed by atoms with Crippen LogP contribution in [0.3, 0.4) is 0 Å². The molecule has 52 nitrogen and oxygen atoms in total. The minimum Gasteiger partial charge on any atom is -0.477 e.